The summed E-state index contributed by atoms with van der Waals surface area (Å²) in [5, 5.41) is 3.09. The highest BCUT2D eigenvalue weighted by atomic mass is 16.5. The molecule has 6 heteroatoms. The fraction of sp³-hybridized carbons (Fsp3) is 0.632. The van der Waals surface area contributed by atoms with Gasteiger partial charge in [0, 0.05) is 18.7 Å². The highest BCUT2D eigenvalue weighted by Crippen LogP contribution is 2.29. The minimum absolute atomic E-state index is 0.0240. The van der Waals surface area contributed by atoms with Gasteiger partial charge in [-0.05, 0) is 30.7 Å². The van der Waals surface area contributed by atoms with Crippen molar-refractivity contribution in [3.8, 4) is 0 Å². The Hall–Kier alpha value is -2.11. The van der Waals surface area contributed by atoms with Crippen molar-refractivity contribution in [2.45, 2.75) is 59.4 Å². The second-order valence-electron chi connectivity index (χ2n) is 7.14. The van der Waals surface area contributed by atoms with E-state index in [0.29, 0.717) is 28.8 Å². The Kier molecular flexibility index (Phi) is 6.03. The Bertz CT molecular complexity index is 677. The summed E-state index contributed by atoms with van der Waals surface area (Å²) in [6.07, 6.45) is 3.30. The van der Waals surface area contributed by atoms with Crippen LogP contribution in [0.3, 0.4) is 0 Å². The van der Waals surface area contributed by atoms with Crippen LogP contribution in [0.2, 0.25) is 0 Å². The first-order valence-corrected chi connectivity index (χ1v) is 8.86. The summed E-state index contributed by atoms with van der Waals surface area (Å²) < 4.78 is 4.81. The monoisotopic (exact) mass is 348 g/mol. The number of hydrogen-bond acceptors (Lipinski definition) is 4. The summed E-state index contributed by atoms with van der Waals surface area (Å²) in [5.41, 5.74) is 1.60. The number of methoxy groups -OCH3 is 1. The summed E-state index contributed by atoms with van der Waals surface area (Å²) in [6, 6.07) is 0.154. The zero-order valence-corrected chi connectivity index (χ0v) is 15.7. The number of carbonyl (C=O) groups excluding carboxylic acids is 3. The largest absolute Gasteiger partial charge is 0.465 e. The second-order valence-corrected chi connectivity index (χ2v) is 7.14. The number of aromatic nitrogens is 1. The molecule has 138 valence electrons. The molecule has 25 heavy (non-hydrogen) atoms. The van der Waals surface area contributed by atoms with E-state index >= 15 is 0 Å². The maximum atomic E-state index is 12.5. The van der Waals surface area contributed by atoms with Gasteiger partial charge in [-0.1, -0.05) is 26.7 Å². The molecule has 1 fully saturated rings. The van der Waals surface area contributed by atoms with E-state index in [1.807, 2.05) is 0 Å². The summed E-state index contributed by atoms with van der Waals surface area (Å²) in [5.74, 6) is 0.151. The van der Waals surface area contributed by atoms with Crippen LogP contribution in [0.5, 0.6) is 0 Å². The number of ether oxygens (including phenoxy) is 1. The van der Waals surface area contributed by atoms with Crippen LogP contribution >= 0.6 is 0 Å². The maximum Gasteiger partial charge on any atom is 0.339 e. The lowest BCUT2D eigenvalue weighted by molar-refractivity contribution is -0.121. The molecule has 3 unspecified atom stereocenters. The molecule has 1 saturated carbocycles. The van der Waals surface area contributed by atoms with Crippen LogP contribution in [-0.4, -0.2) is 35.8 Å². The number of ketones is 1. The highest BCUT2D eigenvalue weighted by Gasteiger charge is 2.29. The molecule has 1 heterocycles. The van der Waals surface area contributed by atoms with Crippen molar-refractivity contribution >= 4 is 17.7 Å². The molecular formula is C19H28N2O4. The van der Waals surface area contributed by atoms with E-state index in [1.165, 1.54) is 20.5 Å². The predicted octanol–water partition coefficient (Wildman–Crippen LogP) is 2.80. The number of nitrogens with one attached hydrogen (secondary N) is 2. The topological polar surface area (TPSA) is 88.3 Å². The minimum Gasteiger partial charge on any atom is -0.465 e. The van der Waals surface area contributed by atoms with Crippen LogP contribution in [-0.2, 0) is 16.0 Å². The molecule has 3 atom stereocenters. The van der Waals surface area contributed by atoms with Gasteiger partial charge in [-0.15, -0.1) is 0 Å². The fourth-order valence-electron chi connectivity index (χ4n) is 3.73. The molecule has 0 spiro atoms. The number of esters is 1. The first-order valence-electron chi connectivity index (χ1n) is 8.86. The number of amides is 1. The third-order valence-electron chi connectivity index (χ3n) is 5.46. The Morgan fingerprint density at radius 3 is 2.52 bits per heavy atom. The van der Waals surface area contributed by atoms with Crippen molar-refractivity contribution in [1.82, 2.24) is 10.3 Å². The maximum absolute atomic E-state index is 12.5. The van der Waals surface area contributed by atoms with Crippen LogP contribution in [0.4, 0.5) is 0 Å². The van der Waals surface area contributed by atoms with Crippen molar-refractivity contribution in [3.05, 3.63) is 22.5 Å². The molecule has 1 aliphatic carbocycles. The van der Waals surface area contributed by atoms with Crippen LogP contribution < -0.4 is 5.32 Å². The van der Waals surface area contributed by atoms with Crippen molar-refractivity contribution in [3.63, 3.8) is 0 Å². The number of H-pyrrole nitrogens is 1. The zero-order chi connectivity index (χ0) is 18.7. The third-order valence-corrected chi connectivity index (χ3v) is 5.46. The number of hydrogen-bond donors (Lipinski definition) is 2. The van der Waals surface area contributed by atoms with Gasteiger partial charge in [0.15, 0.2) is 5.78 Å². The van der Waals surface area contributed by atoms with E-state index in [2.05, 4.69) is 24.1 Å². The molecule has 6 nitrogen and oxygen atoms in total. The van der Waals surface area contributed by atoms with Gasteiger partial charge in [-0.3, -0.25) is 9.59 Å². The van der Waals surface area contributed by atoms with Gasteiger partial charge in [0.1, 0.15) is 0 Å². The second kappa shape index (κ2) is 7.85. The van der Waals surface area contributed by atoms with E-state index < -0.39 is 5.97 Å². The van der Waals surface area contributed by atoms with Crippen LogP contribution in [0.1, 0.15) is 72.1 Å². The summed E-state index contributed by atoms with van der Waals surface area (Å²) in [7, 11) is 1.29. The molecule has 0 radical (unpaired) electrons. The van der Waals surface area contributed by atoms with Crippen molar-refractivity contribution in [2.24, 2.45) is 11.8 Å². The molecule has 0 bridgehead atoms. The third kappa shape index (κ3) is 4.11. The van der Waals surface area contributed by atoms with Gasteiger partial charge in [0.05, 0.1) is 24.8 Å². The molecule has 1 aromatic rings. The summed E-state index contributed by atoms with van der Waals surface area (Å²) in [4.78, 5) is 39.3. The quantitative estimate of drug-likeness (QED) is 0.632. The zero-order valence-electron chi connectivity index (χ0n) is 15.7. The molecule has 1 amide bonds. The van der Waals surface area contributed by atoms with Crippen molar-refractivity contribution in [1.29, 1.82) is 0 Å². The first kappa shape index (κ1) is 19.2. The Morgan fingerprint density at radius 2 is 1.92 bits per heavy atom. The molecule has 0 aromatic carbocycles. The van der Waals surface area contributed by atoms with Crippen LogP contribution in [0, 0.1) is 18.8 Å². The summed E-state index contributed by atoms with van der Waals surface area (Å²) >= 11 is 0. The number of Topliss-reactive ketones (excluding diaryl/α,β-unsaturated/α-hetero) is 1. The Labute approximate surface area is 148 Å². The summed E-state index contributed by atoms with van der Waals surface area (Å²) in [6.45, 7) is 7.49. The smallest absolute Gasteiger partial charge is 0.339 e. The van der Waals surface area contributed by atoms with E-state index in [4.69, 9.17) is 4.74 Å². The van der Waals surface area contributed by atoms with Crippen molar-refractivity contribution < 1.29 is 19.1 Å². The van der Waals surface area contributed by atoms with Crippen LogP contribution in [0.15, 0.2) is 0 Å². The lowest BCUT2D eigenvalue weighted by atomic mass is 9.78. The van der Waals surface area contributed by atoms with Gasteiger partial charge in [-0.25, -0.2) is 4.79 Å². The van der Waals surface area contributed by atoms with E-state index in [9.17, 15) is 14.4 Å². The Morgan fingerprint density at radius 1 is 1.24 bits per heavy atom. The van der Waals surface area contributed by atoms with E-state index in [0.717, 1.165) is 12.8 Å². The van der Waals surface area contributed by atoms with Crippen molar-refractivity contribution in [2.75, 3.05) is 7.11 Å². The molecule has 0 saturated heterocycles. The lowest BCUT2D eigenvalue weighted by Gasteiger charge is -2.34. The molecule has 2 rings (SSSR count). The number of aromatic amines is 1. The minimum atomic E-state index is -0.538. The predicted molar refractivity (Wildman–Crippen MR) is 94.7 cm³/mol. The normalized spacial score (nSPS) is 23.2. The van der Waals surface area contributed by atoms with Gasteiger partial charge in [0.25, 0.3) is 0 Å². The van der Waals surface area contributed by atoms with E-state index in [1.54, 1.807) is 6.92 Å². The SMILES string of the molecule is COC(=O)c1c(CC(=O)NC2CCCC(C)C2C)[nH]c(C(C)=O)c1C. The molecule has 1 aromatic heterocycles. The average molecular weight is 348 g/mol. The standard InChI is InChI=1S/C19H28N2O4/c1-10-7-6-8-14(11(10)2)20-16(23)9-15-17(19(24)25-5)12(3)18(21-15)13(4)22/h10-11,14,21H,6-9H2,1-5H3,(H,20,23). The lowest BCUT2D eigenvalue weighted by Crippen LogP contribution is -2.44. The molecular weight excluding hydrogens is 320 g/mol. The highest BCUT2D eigenvalue weighted by molar-refractivity contribution is 6.01. The van der Waals surface area contributed by atoms with Crippen LogP contribution in [0.25, 0.3) is 0 Å². The molecule has 2 N–H and O–H groups in total. The first-order chi connectivity index (χ1) is 11.8. The Balaban J connectivity index is 2.18. The van der Waals surface area contributed by atoms with Gasteiger partial charge in [0.2, 0.25) is 5.91 Å². The van der Waals surface area contributed by atoms with Gasteiger partial charge < -0.3 is 15.0 Å². The fourth-order valence-corrected chi connectivity index (χ4v) is 3.73. The average Bonchev–Trinajstić information content (AvgIpc) is 2.87. The molecule has 0 aliphatic heterocycles. The number of rotatable bonds is 5. The molecule has 1 aliphatic rings. The van der Waals surface area contributed by atoms with E-state index in [-0.39, 0.29) is 29.7 Å². The van der Waals surface area contributed by atoms with Gasteiger partial charge in [-0.2, -0.15) is 0 Å². The van der Waals surface area contributed by atoms with Gasteiger partial charge >= 0.3 is 5.97 Å². The number of carbonyl (C=O) groups is 3.